The summed E-state index contributed by atoms with van der Waals surface area (Å²) >= 11 is 0. The molecule has 2 heterocycles. The molecule has 112 valence electrons. The summed E-state index contributed by atoms with van der Waals surface area (Å²) in [6.07, 6.45) is 4.06. The van der Waals surface area contributed by atoms with Crippen molar-refractivity contribution in [3.8, 4) is 0 Å². The van der Waals surface area contributed by atoms with Gasteiger partial charge in [-0.3, -0.25) is 0 Å². The maximum absolute atomic E-state index is 4.49. The number of H-pyrrole nitrogens is 1. The highest BCUT2D eigenvalue weighted by molar-refractivity contribution is 5.72. The van der Waals surface area contributed by atoms with Gasteiger partial charge in [-0.25, -0.2) is 15.0 Å². The molecule has 0 aliphatic heterocycles. The van der Waals surface area contributed by atoms with Crippen molar-refractivity contribution in [2.75, 3.05) is 0 Å². The molecule has 23 heavy (non-hydrogen) atoms. The first-order valence-electron chi connectivity index (χ1n) is 7.64. The first-order chi connectivity index (χ1) is 11.4. The van der Waals surface area contributed by atoms with E-state index in [4.69, 9.17) is 0 Å². The topological polar surface area (TPSA) is 54.5 Å². The third-order valence-electron chi connectivity index (χ3n) is 4.10. The van der Waals surface area contributed by atoms with Gasteiger partial charge in [0.25, 0.3) is 0 Å². The molecule has 2 aromatic heterocycles. The first-order valence-corrected chi connectivity index (χ1v) is 7.64. The van der Waals surface area contributed by atoms with Crippen molar-refractivity contribution in [1.82, 2.24) is 19.9 Å². The largest absolute Gasteiger partial charge is 0.342 e. The Balaban J connectivity index is 1.79. The van der Waals surface area contributed by atoms with Crippen LogP contribution >= 0.6 is 0 Å². The number of benzene rings is 2. The molecular weight excluding hydrogens is 284 g/mol. The summed E-state index contributed by atoms with van der Waals surface area (Å²) in [5.74, 6) is 0.249. The summed E-state index contributed by atoms with van der Waals surface area (Å²) in [7, 11) is 0. The number of aromatic nitrogens is 4. The summed E-state index contributed by atoms with van der Waals surface area (Å²) in [6.45, 7) is 0. The summed E-state index contributed by atoms with van der Waals surface area (Å²) in [6, 6.07) is 21.1. The second kappa shape index (κ2) is 6.01. The predicted molar refractivity (Wildman–Crippen MR) is 90.1 cm³/mol. The van der Waals surface area contributed by atoms with Crippen molar-refractivity contribution in [1.29, 1.82) is 0 Å². The molecule has 0 amide bonds. The molecule has 2 aromatic carbocycles. The molecule has 0 radical (unpaired) electrons. The number of rotatable bonds is 4. The molecule has 0 unspecified atom stereocenters. The minimum atomic E-state index is 0.249. The lowest BCUT2D eigenvalue weighted by molar-refractivity contribution is 0.785. The van der Waals surface area contributed by atoms with E-state index in [0.717, 1.165) is 23.3 Å². The van der Waals surface area contributed by atoms with E-state index in [1.165, 1.54) is 11.1 Å². The molecule has 4 rings (SSSR count). The third kappa shape index (κ3) is 2.71. The Hall–Kier alpha value is -3.01. The SMILES string of the molecule is c1ccc(C(Cc2ncnc3nc[nH]c23)c2ccccc2)cc1. The summed E-state index contributed by atoms with van der Waals surface area (Å²) in [5, 5.41) is 0. The van der Waals surface area contributed by atoms with Gasteiger partial charge in [0.2, 0.25) is 0 Å². The molecule has 4 heteroatoms. The van der Waals surface area contributed by atoms with E-state index in [1.54, 1.807) is 12.7 Å². The van der Waals surface area contributed by atoms with Gasteiger partial charge in [-0.1, -0.05) is 60.7 Å². The van der Waals surface area contributed by atoms with E-state index < -0.39 is 0 Å². The number of nitrogens with one attached hydrogen (secondary N) is 1. The molecule has 0 saturated heterocycles. The monoisotopic (exact) mass is 300 g/mol. The molecule has 4 aromatic rings. The minimum Gasteiger partial charge on any atom is -0.342 e. The average molecular weight is 300 g/mol. The standard InChI is InChI=1S/C19H16N4/c1-3-7-14(8-4-1)16(15-9-5-2-6-10-15)11-17-18-19(22-12-20-17)23-13-21-18/h1-10,12-13,16H,11H2,(H,20,21,22,23). The maximum Gasteiger partial charge on any atom is 0.180 e. The van der Waals surface area contributed by atoms with Gasteiger partial charge < -0.3 is 4.98 Å². The van der Waals surface area contributed by atoms with Crippen molar-refractivity contribution in [2.24, 2.45) is 0 Å². The van der Waals surface area contributed by atoms with Gasteiger partial charge >= 0.3 is 0 Å². The quantitative estimate of drug-likeness (QED) is 0.625. The fourth-order valence-electron chi connectivity index (χ4n) is 2.96. The van der Waals surface area contributed by atoms with E-state index in [2.05, 4.69) is 68.5 Å². The van der Waals surface area contributed by atoms with Crippen LogP contribution < -0.4 is 0 Å². The van der Waals surface area contributed by atoms with E-state index in [9.17, 15) is 0 Å². The number of fused-ring (bicyclic) bond motifs is 1. The van der Waals surface area contributed by atoms with E-state index in [-0.39, 0.29) is 5.92 Å². The molecule has 0 spiro atoms. The molecule has 0 saturated carbocycles. The summed E-state index contributed by atoms with van der Waals surface area (Å²) in [5.41, 5.74) is 5.19. The van der Waals surface area contributed by atoms with E-state index >= 15 is 0 Å². The Morgan fingerprint density at radius 3 is 2.09 bits per heavy atom. The van der Waals surface area contributed by atoms with Crippen LogP contribution in [0.3, 0.4) is 0 Å². The van der Waals surface area contributed by atoms with Crippen LogP contribution in [0, 0.1) is 0 Å². The van der Waals surface area contributed by atoms with Crippen LogP contribution in [0.15, 0.2) is 73.3 Å². The molecule has 0 atom stereocenters. The second-order valence-electron chi connectivity index (χ2n) is 5.50. The van der Waals surface area contributed by atoms with Crippen LogP contribution in [0.4, 0.5) is 0 Å². The van der Waals surface area contributed by atoms with Gasteiger partial charge in [-0.05, 0) is 11.1 Å². The Labute approximate surface area is 134 Å². The van der Waals surface area contributed by atoms with Crippen LogP contribution in [0.5, 0.6) is 0 Å². The second-order valence-corrected chi connectivity index (χ2v) is 5.50. The number of aromatic amines is 1. The lowest BCUT2D eigenvalue weighted by Crippen LogP contribution is -2.07. The zero-order chi connectivity index (χ0) is 15.5. The van der Waals surface area contributed by atoms with Gasteiger partial charge in [-0.2, -0.15) is 0 Å². The van der Waals surface area contributed by atoms with Gasteiger partial charge in [0, 0.05) is 12.3 Å². The van der Waals surface area contributed by atoms with Crippen LogP contribution in [0.25, 0.3) is 11.2 Å². The molecule has 0 aliphatic carbocycles. The van der Waals surface area contributed by atoms with Crippen molar-refractivity contribution in [3.05, 3.63) is 90.1 Å². The Kier molecular flexibility index (Phi) is 3.56. The Morgan fingerprint density at radius 1 is 0.783 bits per heavy atom. The highest BCUT2D eigenvalue weighted by Gasteiger charge is 2.17. The van der Waals surface area contributed by atoms with Crippen molar-refractivity contribution < 1.29 is 0 Å². The summed E-state index contributed by atoms with van der Waals surface area (Å²) < 4.78 is 0. The Bertz CT molecular complexity index is 861. The normalized spacial score (nSPS) is 11.2. The number of nitrogens with zero attached hydrogens (tertiary/aromatic N) is 3. The number of imidazole rings is 1. The van der Waals surface area contributed by atoms with Gasteiger partial charge in [0.15, 0.2) is 5.65 Å². The van der Waals surface area contributed by atoms with E-state index in [1.807, 2.05) is 12.1 Å². The van der Waals surface area contributed by atoms with Crippen molar-refractivity contribution in [2.45, 2.75) is 12.3 Å². The first kappa shape index (κ1) is 13.6. The molecule has 0 fully saturated rings. The lowest BCUT2D eigenvalue weighted by Gasteiger charge is -2.18. The predicted octanol–water partition coefficient (Wildman–Crippen LogP) is 3.73. The number of hydrogen-bond acceptors (Lipinski definition) is 3. The van der Waals surface area contributed by atoms with Crippen molar-refractivity contribution in [3.63, 3.8) is 0 Å². The fraction of sp³-hybridized carbons (Fsp3) is 0.105. The molecule has 0 aliphatic rings. The van der Waals surface area contributed by atoms with Crippen LogP contribution in [-0.2, 0) is 6.42 Å². The Morgan fingerprint density at radius 2 is 1.43 bits per heavy atom. The maximum atomic E-state index is 4.49. The molecular formula is C19H16N4. The van der Waals surface area contributed by atoms with Crippen LogP contribution in [0.2, 0.25) is 0 Å². The van der Waals surface area contributed by atoms with Gasteiger partial charge in [0.05, 0.1) is 12.0 Å². The van der Waals surface area contributed by atoms with Gasteiger partial charge in [-0.15, -0.1) is 0 Å². The lowest BCUT2D eigenvalue weighted by atomic mass is 9.87. The van der Waals surface area contributed by atoms with E-state index in [0.29, 0.717) is 0 Å². The van der Waals surface area contributed by atoms with Crippen LogP contribution in [0.1, 0.15) is 22.7 Å². The van der Waals surface area contributed by atoms with Gasteiger partial charge in [0.1, 0.15) is 11.8 Å². The zero-order valence-electron chi connectivity index (χ0n) is 12.6. The average Bonchev–Trinajstić information content (AvgIpc) is 3.11. The highest BCUT2D eigenvalue weighted by atomic mass is 15.0. The molecule has 1 N–H and O–H groups in total. The number of hydrogen-bond donors (Lipinski definition) is 1. The molecule has 4 nitrogen and oxygen atoms in total. The third-order valence-corrected chi connectivity index (χ3v) is 4.10. The fourth-order valence-corrected chi connectivity index (χ4v) is 2.96. The molecule has 0 bridgehead atoms. The van der Waals surface area contributed by atoms with Crippen molar-refractivity contribution >= 4 is 11.2 Å². The van der Waals surface area contributed by atoms with Crippen LogP contribution in [-0.4, -0.2) is 19.9 Å². The highest BCUT2D eigenvalue weighted by Crippen LogP contribution is 2.29. The summed E-state index contributed by atoms with van der Waals surface area (Å²) in [4.78, 5) is 16.1. The smallest absolute Gasteiger partial charge is 0.180 e. The zero-order valence-corrected chi connectivity index (χ0v) is 12.6. The minimum absolute atomic E-state index is 0.249.